The molecule has 0 bridgehead atoms. The number of allylic oxidation sites excluding steroid dienone is 2. The number of halogens is 1. The second-order valence-electron chi connectivity index (χ2n) is 4.58. The van der Waals surface area contributed by atoms with Gasteiger partial charge in [0.15, 0.2) is 5.78 Å². The monoisotopic (exact) mass is 270 g/mol. The second-order valence-corrected chi connectivity index (χ2v) is 5.44. The van der Waals surface area contributed by atoms with E-state index in [2.05, 4.69) is 29.8 Å². The van der Waals surface area contributed by atoms with Gasteiger partial charge in [-0.15, -0.1) is 0 Å². The van der Waals surface area contributed by atoms with E-state index in [0.29, 0.717) is 16.5 Å². The molecule has 1 fully saturated rings. The van der Waals surface area contributed by atoms with Crippen LogP contribution in [0.5, 0.6) is 0 Å². The Morgan fingerprint density at radius 2 is 2.33 bits per heavy atom. The maximum Gasteiger partial charge on any atom is 0.192 e. The van der Waals surface area contributed by atoms with E-state index in [-0.39, 0.29) is 11.4 Å². The number of carbonyl (C=O) groups is 1. The Kier molecular flexibility index (Phi) is 2.86. The van der Waals surface area contributed by atoms with Gasteiger partial charge < -0.3 is 4.74 Å². The van der Waals surface area contributed by atoms with Crippen LogP contribution in [0, 0.1) is 5.92 Å². The molecule has 0 unspecified atom stereocenters. The van der Waals surface area contributed by atoms with Gasteiger partial charge in [0.2, 0.25) is 0 Å². The van der Waals surface area contributed by atoms with Gasteiger partial charge in [-0.3, -0.25) is 4.79 Å². The lowest BCUT2D eigenvalue weighted by molar-refractivity contribution is -0.111. The summed E-state index contributed by atoms with van der Waals surface area (Å²) in [6.45, 7) is 4.33. The van der Waals surface area contributed by atoms with Crippen LogP contribution in [0.25, 0.3) is 0 Å². The average molecular weight is 271 g/mol. The molecule has 1 aliphatic carbocycles. The molecule has 2 aliphatic rings. The Balaban J connectivity index is 2.18. The van der Waals surface area contributed by atoms with Crippen LogP contribution in [-0.4, -0.2) is 17.5 Å². The van der Waals surface area contributed by atoms with E-state index in [4.69, 9.17) is 4.74 Å². The first-order chi connectivity index (χ1) is 7.02. The second kappa shape index (κ2) is 3.87. The largest absolute Gasteiger partial charge is 0.363 e. The molecule has 0 amide bonds. The summed E-state index contributed by atoms with van der Waals surface area (Å²) >= 11 is 3.28. The molecule has 0 aromatic rings. The topological polar surface area (TPSA) is 26.3 Å². The van der Waals surface area contributed by atoms with Crippen molar-refractivity contribution in [1.29, 1.82) is 0 Å². The Bertz CT molecular complexity index is 344. The highest BCUT2D eigenvalue weighted by atomic mass is 79.9. The minimum Gasteiger partial charge on any atom is -0.363 e. The van der Waals surface area contributed by atoms with Crippen LogP contribution >= 0.6 is 15.9 Å². The number of ether oxygens (including phenoxy) is 1. The molecule has 1 heterocycles. The molecule has 82 valence electrons. The maximum absolute atomic E-state index is 11.3. The molecule has 2 nitrogen and oxygen atoms in total. The summed E-state index contributed by atoms with van der Waals surface area (Å²) in [7, 11) is 0. The zero-order valence-electron chi connectivity index (χ0n) is 9.00. The molecule has 2 atom stereocenters. The Morgan fingerprint density at radius 3 is 2.87 bits per heavy atom. The van der Waals surface area contributed by atoms with Crippen molar-refractivity contribution in [3.8, 4) is 0 Å². The molecule has 0 radical (unpaired) electrons. The Labute approximate surface area is 98.5 Å². The van der Waals surface area contributed by atoms with E-state index in [1.165, 1.54) is 0 Å². The van der Waals surface area contributed by atoms with Crippen molar-refractivity contribution in [2.45, 2.75) is 38.4 Å². The smallest absolute Gasteiger partial charge is 0.192 e. The van der Waals surface area contributed by atoms with Gasteiger partial charge in [-0.05, 0) is 52.9 Å². The first kappa shape index (κ1) is 11.1. The zero-order valence-corrected chi connectivity index (χ0v) is 10.6. The Morgan fingerprint density at radius 1 is 1.60 bits per heavy atom. The van der Waals surface area contributed by atoms with E-state index in [0.717, 1.165) is 12.8 Å². The van der Waals surface area contributed by atoms with Crippen LogP contribution in [0.3, 0.4) is 0 Å². The van der Waals surface area contributed by atoms with Gasteiger partial charge in [-0.25, -0.2) is 0 Å². The van der Waals surface area contributed by atoms with Crippen LogP contribution in [0.4, 0.5) is 0 Å². The van der Waals surface area contributed by atoms with Gasteiger partial charge in [0.1, 0.15) is 5.60 Å². The maximum atomic E-state index is 11.3. The third kappa shape index (κ3) is 2.08. The highest BCUT2D eigenvalue weighted by Crippen LogP contribution is 2.39. The molecular weight excluding hydrogens is 256 g/mol. The molecule has 15 heavy (non-hydrogen) atoms. The van der Waals surface area contributed by atoms with Crippen LogP contribution in [0.2, 0.25) is 0 Å². The van der Waals surface area contributed by atoms with E-state index in [1.54, 1.807) is 6.08 Å². The molecule has 0 aromatic heterocycles. The van der Waals surface area contributed by atoms with Gasteiger partial charge in [0.25, 0.3) is 0 Å². The van der Waals surface area contributed by atoms with Crippen LogP contribution in [0.1, 0.15) is 26.7 Å². The van der Waals surface area contributed by atoms with Crippen molar-refractivity contribution in [3.63, 3.8) is 0 Å². The van der Waals surface area contributed by atoms with Gasteiger partial charge >= 0.3 is 0 Å². The van der Waals surface area contributed by atoms with Gasteiger partial charge in [0.05, 0.1) is 10.6 Å². The van der Waals surface area contributed by atoms with Crippen LogP contribution in [-0.2, 0) is 9.53 Å². The predicted octanol–water partition coefficient (Wildman–Crippen LogP) is 2.98. The molecule has 2 rings (SSSR count). The first-order valence-corrected chi connectivity index (χ1v) is 6.11. The molecule has 3 heteroatoms. The normalized spacial score (nSPS) is 35.3. The summed E-state index contributed by atoms with van der Waals surface area (Å²) in [5, 5.41) is 0. The molecule has 1 aliphatic heterocycles. The summed E-state index contributed by atoms with van der Waals surface area (Å²) < 4.78 is 6.64. The molecule has 1 spiro atoms. The summed E-state index contributed by atoms with van der Waals surface area (Å²) in [5.41, 5.74) is -0.332. The SMILES string of the molecule is CC(C)[C@H]1CC[C@]2(C=CC(=O)C(Br)=C2)O1. The van der Waals surface area contributed by atoms with Crippen LogP contribution < -0.4 is 0 Å². The van der Waals surface area contributed by atoms with Crippen molar-refractivity contribution >= 4 is 21.7 Å². The van der Waals surface area contributed by atoms with E-state index >= 15 is 0 Å². The molecule has 0 aromatic carbocycles. The van der Waals surface area contributed by atoms with Gasteiger partial charge in [-0.1, -0.05) is 13.8 Å². The van der Waals surface area contributed by atoms with Crippen molar-refractivity contribution in [2.24, 2.45) is 5.92 Å². The lowest BCUT2D eigenvalue weighted by Crippen LogP contribution is -2.28. The standard InChI is InChI=1S/C12H15BrO2/c1-8(2)11-4-6-12(15-11)5-3-10(14)9(13)7-12/h3,5,7-8,11H,4,6H2,1-2H3/t11-,12+/m1/s1. The van der Waals surface area contributed by atoms with Crippen molar-refractivity contribution in [2.75, 3.05) is 0 Å². The summed E-state index contributed by atoms with van der Waals surface area (Å²) in [5.74, 6) is 0.555. The molecular formula is C12H15BrO2. The highest BCUT2D eigenvalue weighted by molar-refractivity contribution is 9.12. The number of ketones is 1. The minimum atomic E-state index is -0.332. The first-order valence-electron chi connectivity index (χ1n) is 5.32. The fourth-order valence-corrected chi connectivity index (χ4v) is 2.62. The number of hydrogen-bond donors (Lipinski definition) is 0. The van der Waals surface area contributed by atoms with Crippen molar-refractivity contribution < 1.29 is 9.53 Å². The number of carbonyl (C=O) groups excluding carboxylic acids is 1. The highest BCUT2D eigenvalue weighted by Gasteiger charge is 2.39. The molecule has 0 N–H and O–H groups in total. The van der Waals surface area contributed by atoms with E-state index in [1.807, 2.05) is 12.2 Å². The van der Waals surface area contributed by atoms with Crippen LogP contribution in [0.15, 0.2) is 22.7 Å². The Hall–Kier alpha value is -0.410. The third-order valence-electron chi connectivity index (χ3n) is 3.06. The molecule has 0 saturated carbocycles. The summed E-state index contributed by atoms with van der Waals surface area (Å²) in [6, 6.07) is 0. The van der Waals surface area contributed by atoms with E-state index < -0.39 is 0 Å². The van der Waals surface area contributed by atoms with Gasteiger partial charge in [0, 0.05) is 0 Å². The zero-order chi connectivity index (χ0) is 11.1. The van der Waals surface area contributed by atoms with Crippen molar-refractivity contribution in [3.05, 3.63) is 22.7 Å². The van der Waals surface area contributed by atoms with Crippen molar-refractivity contribution in [1.82, 2.24) is 0 Å². The lowest BCUT2D eigenvalue weighted by atomic mass is 9.93. The minimum absolute atomic E-state index is 0.0252. The quantitative estimate of drug-likeness (QED) is 0.732. The number of rotatable bonds is 1. The van der Waals surface area contributed by atoms with E-state index in [9.17, 15) is 4.79 Å². The summed E-state index contributed by atoms with van der Waals surface area (Å²) in [4.78, 5) is 11.3. The molecule has 1 saturated heterocycles. The average Bonchev–Trinajstić information content (AvgIpc) is 2.57. The fraction of sp³-hybridized carbons (Fsp3) is 0.583. The summed E-state index contributed by atoms with van der Waals surface area (Å²) in [6.07, 6.45) is 7.73. The third-order valence-corrected chi connectivity index (χ3v) is 3.68. The number of hydrogen-bond acceptors (Lipinski definition) is 2. The van der Waals surface area contributed by atoms with Gasteiger partial charge in [-0.2, -0.15) is 0 Å². The lowest BCUT2D eigenvalue weighted by Gasteiger charge is -2.26. The fourth-order valence-electron chi connectivity index (χ4n) is 2.10. The predicted molar refractivity (Wildman–Crippen MR) is 62.8 cm³/mol.